The number of nitrogens with one attached hydrogen (secondary N) is 2. The number of ether oxygens (including phenoxy) is 2. The Balaban J connectivity index is 0.00000320. The first-order chi connectivity index (χ1) is 14.0. The first-order valence-electron chi connectivity index (χ1n) is 10.9. The molecule has 1 aromatic rings. The molecule has 30 heavy (non-hydrogen) atoms. The van der Waals surface area contributed by atoms with Crippen LogP contribution >= 0.6 is 24.0 Å². The van der Waals surface area contributed by atoms with Crippen LogP contribution in [0.3, 0.4) is 0 Å². The second kappa shape index (κ2) is 11.4. The zero-order valence-electron chi connectivity index (χ0n) is 19.2. The molecule has 1 saturated carbocycles. The smallest absolute Gasteiger partial charge is 0.191 e. The quantitative estimate of drug-likeness (QED) is 0.319. The van der Waals surface area contributed by atoms with Crippen molar-refractivity contribution in [2.75, 3.05) is 40.9 Å². The third kappa shape index (κ3) is 6.15. The Hall–Kier alpha value is -1.22. The summed E-state index contributed by atoms with van der Waals surface area (Å²) in [7, 11) is 5.19. The fourth-order valence-corrected chi connectivity index (χ4v) is 4.56. The minimum absolute atomic E-state index is 0. The van der Waals surface area contributed by atoms with Crippen molar-refractivity contribution < 1.29 is 9.47 Å². The van der Waals surface area contributed by atoms with Crippen LogP contribution in [0.5, 0.6) is 11.5 Å². The first kappa shape index (κ1) is 25.0. The largest absolute Gasteiger partial charge is 0.493 e. The molecule has 6 nitrogen and oxygen atoms in total. The Kier molecular flexibility index (Phi) is 9.53. The Morgan fingerprint density at radius 3 is 2.47 bits per heavy atom. The predicted octanol–water partition coefficient (Wildman–Crippen LogP) is 3.78. The molecule has 2 fully saturated rings. The van der Waals surface area contributed by atoms with E-state index in [4.69, 9.17) is 9.47 Å². The number of hydrogen-bond acceptors (Lipinski definition) is 4. The normalized spacial score (nSPS) is 20.7. The van der Waals surface area contributed by atoms with Crippen molar-refractivity contribution in [2.24, 2.45) is 4.99 Å². The van der Waals surface area contributed by atoms with Gasteiger partial charge in [-0.05, 0) is 37.0 Å². The molecule has 1 unspecified atom stereocenters. The van der Waals surface area contributed by atoms with Gasteiger partial charge < -0.3 is 20.1 Å². The summed E-state index contributed by atoms with van der Waals surface area (Å²) in [6.45, 7) is 7.57. The van der Waals surface area contributed by atoms with E-state index in [1.54, 1.807) is 14.2 Å². The fourth-order valence-electron chi connectivity index (χ4n) is 4.56. The van der Waals surface area contributed by atoms with Crippen LogP contribution in [0.15, 0.2) is 23.2 Å². The summed E-state index contributed by atoms with van der Waals surface area (Å²) in [6.07, 6.45) is 6.73. The summed E-state index contributed by atoms with van der Waals surface area (Å²) in [5, 5.41) is 7.17. The second-order valence-corrected chi connectivity index (χ2v) is 8.94. The van der Waals surface area contributed by atoms with Gasteiger partial charge in [0.1, 0.15) is 0 Å². The van der Waals surface area contributed by atoms with Gasteiger partial charge in [-0.3, -0.25) is 9.89 Å². The van der Waals surface area contributed by atoms with Crippen LogP contribution in [0.4, 0.5) is 0 Å². The Morgan fingerprint density at radius 2 is 1.83 bits per heavy atom. The standard InChI is InChI=1S/C23H38N4O2.HI/c1-23(2,17-10-11-20(28-4)21(14-17)29-5)16-25-22(24-3)26-18-12-13-27(15-18)19-8-6-7-9-19;/h10-11,14,18-19H,6-9,12-13,15-16H2,1-5H3,(H2,24,25,26);1H. The molecule has 1 saturated heterocycles. The monoisotopic (exact) mass is 530 g/mol. The summed E-state index contributed by atoms with van der Waals surface area (Å²) in [4.78, 5) is 7.14. The number of benzene rings is 1. The van der Waals surface area contributed by atoms with Crippen LogP contribution in [-0.2, 0) is 5.41 Å². The molecule has 0 spiro atoms. The van der Waals surface area contributed by atoms with Crippen molar-refractivity contribution in [3.8, 4) is 11.5 Å². The molecule has 170 valence electrons. The minimum atomic E-state index is -0.0806. The lowest BCUT2D eigenvalue weighted by atomic mass is 9.84. The van der Waals surface area contributed by atoms with Crippen LogP contribution in [-0.4, -0.2) is 63.8 Å². The zero-order valence-corrected chi connectivity index (χ0v) is 21.5. The number of guanidine groups is 1. The Labute approximate surface area is 199 Å². The van der Waals surface area contributed by atoms with Crippen LogP contribution in [0.1, 0.15) is 51.5 Å². The highest BCUT2D eigenvalue weighted by Crippen LogP contribution is 2.33. The van der Waals surface area contributed by atoms with Crippen molar-refractivity contribution in [2.45, 2.75) is 63.5 Å². The fraction of sp³-hybridized carbons (Fsp3) is 0.696. The molecular formula is C23H39IN4O2. The average Bonchev–Trinajstić information content (AvgIpc) is 3.42. The molecule has 3 rings (SSSR count). The van der Waals surface area contributed by atoms with Gasteiger partial charge in [-0.15, -0.1) is 24.0 Å². The van der Waals surface area contributed by atoms with Crippen LogP contribution in [0, 0.1) is 0 Å². The van der Waals surface area contributed by atoms with Gasteiger partial charge in [-0.1, -0.05) is 32.8 Å². The van der Waals surface area contributed by atoms with E-state index in [9.17, 15) is 0 Å². The lowest BCUT2D eigenvalue weighted by Crippen LogP contribution is -2.48. The van der Waals surface area contributed by atoms with Gasteiger partial charge in [0.25, 0.3) is 0 Å². The number of hydrogen-bond donors (Lipinski definition) is 2. The maximum atomic E-state index is 5.47. The van der Waals surface area contributed by atoms with Gasteiger partial charge in [0.15, 0.2) is 17.5 Å². The van der Waals surface area contributed by atoms with Crippen LogP contribution in [0.2, 0.25) is 0 Å². The molecule has 2 aliphatic rings. The third-order valence-corrected chi connectivity index (χ3v) is 6.49. The summed E-state index contributed by atoms with van der Waals surface area (Å²) in [5.41, 5.74) is 1.12. The maximum Gasteiger partial charge on any atom is 0.191 e. The summed E-state index contributed by atoms with van der Waals surface area (Å²) >= 11 is 0. The molecule has 2 N–H and O–H groups in total. The van der Waals surface area contributed by atoms with Crippen LogP contribution < -0.4 is 20.1 Å². The number of likely N-dealkylation sites (tertiary alicyclic amines) is 1. The lowest BCUT2D eigenvalue weighted by molar-refractivity contribution is 0.242. The van der Waals surface area contributed by atoms with E-state index in [1.165, 1.54) is 44.2 Å². The lowest BCUT2D eigenvalue weighted by Gasteiger charge is -2.28. The van der Waals surface area contributed by atoms with Gasteiger partial charge in [-0.2, -0.15) is 0 Å². The number of halogens is 1. The molecule has 1 atom stereocenters. The zero-order chi connectivity index (χ0) is 20.9. The van der Waals surface area contributed by atoms with Crippen molar-refractivity contribution in [1.82, 2.24) is 15.5 Å². The maximum absolute atomic E-state index is 5.47. The van der Waals surface area contributed by atoms with E-state index >= 15 is 0 Å². The average molecular weight is 530 g/mol. The number of aliphatic imine (C=N–C) groups is 1. The van der Waals surface area contributed by atoms with Gasteiger partial charge >= 0.3 is 0 Å². The van der Waals surface area contributed by atoms with Crippen molar-refractivity contribution in [3.05, 3.63) is 23.8 Å². The summed E-state index contributed by atoms with van der Waals surface area (Å²) in [6, 6.07) is 7.42. The molecular weight excluding hydrogens is 491 g/mol. The Morgan fingerprint density at radius 1 is 1.13 bits per heavy atom. The van der Waals surface area contributed by atoms with Crippen LogP contribution in [0.25, 0.3) is 0 Å². The van der Waals surface area contributed by atoms with Gasteiger partial charge in [0.05, 0.1) is 14.2 Å². The van der Waals surface area contributed by atoms with E-state index in [2.05, 4.69) is 46.5 Å². The SMILES string of the molecule is CN=C(NCC(C)(C)c1ccc(OC)c(OC)c1)NC1CCN(C2CCCC2)C1.I. The molecule has 0 aromatic heterocycles. The van der Waals surface area contributed by atoms with Crippen molar-refractivity contribution in [1.29, 1.82) is 0 Å². The molecule has 1 aliphatic carbocycles. The van der Waals surface area contributed by atoms with E-state index < -0.39 is 0 Å². The predicted molar refractivity (Wildman–Crippen MR) is 135 cm³/mol. The van der Waals surface area contributed by atoms with Gasteiger partial charge in [0.2, 0.25) is 0 Å². The van der Waals surface area contributed by atoms with E-state index in [0.29, 0.717) is 6.04 Å². The number of rotatable bonds is 7. The summed E-state index contributed by atoms with van der Waals surface area (Å²) < 4.78 is 10.8. The highest BCUT2D eigenvalue weighted by atomic mass is 127. The highest BCUT2D eigenvalue weighted by Gasteiger charge is 2.30. The molecule has 1 aliphatic heterocycles. The van der Waals surface area contributed by atoms with Crippen molar-refractivity contribution in [3.63, 3.8) is 0 Å². The number of nitrogens with zero attached hydrogens (tertiary/aromatic N) is 2. The summed E-state index contributed by atoms with van der Waals surface area (Å²) in [5.74, 6) is 2.40. The van der Waals surface area contributed by atoms with Crippen molar-refractivity contribution >= 4 is 29.9 Å². The Bertz CT molecular complexity index is 704. The molecule has 0 amide bonds. The third-order valence-electron chi connectivity index (χ3n) is 6.49. The second-order valence-electron chi connectivity index (χ2n) is 8.94. The topological polar surface area (TPSA) is 58.1 Å². The molecule has 1 aromatic carbocycles. The van der Waals surface area contributed by atoms with E-state index in [0.717, 1.165) is 36.6 Å². The number of methoxy groups -OCH3 is 2. The molecule has 0 radical (unpaired) electrons. The molecule has 7 heteroatoms. The van der Waals surface area contributed by atoms with E-state index in [1.807, 2.05) is 13.1 Å². The van der Waals surface area contributed by atoms with Gasteiger partial charge in [0, 0.05) is 44.2 Å². The van der Waals surface area contributed by atoms with E-state index in [-0.39, 0.29) is 29.4 Å². The first-order valence-corrected chi connectivity index (χ1v) is 10.9. The molecule has 1 heterocycles. The molecule has 0 bridgehead atoms. The van der Waals surface area contributed by atoms with Gasteiger partial charge in [-0.25, -0.2) is 0 Å². The minimum Gasteiger partial charge on any atom is -0.493 e. The highest BCUT2D eigenvalue weighted by molar-refractivity contribution is 14.0.